The fraction of sp³-hybridized carbons (Fsp3) is 0.261. The number of aromatic nitrogens is 2. The summed E-state index contributed by atoms with van der Waals surface area (Å²) in [6, 6.07) is 12.3. The van der Waals surface area contributed by atoms with E-state index in [2.05, 4.69) is 44.2 Å². The number of nitrogens with zero attached hydrogens (tertiary/aromatic N) is 3. The summed E-state index contributed by atoms with van der Waals surface area (Å²) in [5.41, 5.74) is 3.44. The molecule has 1 aromatic carbocycles. The summed E-state index contributed by atoms with van der Waals surface area (Å²) in [6.45, 7) is 1.96. The number of benzene rings is 1. The quantitative estimate of drug-likeness (QED) is 0.466. The molecule has 31 heavy (non-hydrogen) atoms. The van der Waals surface area contributed by atoms with Gasteiger partial charge in [0.05, 0.1) is 11.9 Å². The van der Waals surface area contributed by atoms with E-state index in [1.807, 2.05) is 23.1 Å². The zero-order chi connectivity index (χ0) is 21.2. The fourth-order valence-corrected chi connectivity index (χ4v) is 5.73. The molecule has 0 fully saturated rings. The Kier molecular flexibility index (Phi) is 5.67. The highest BCUT2D eigenvalue weighted by Crippen LogP contribution is 2.37. The Morgan fingerprint density at radius 2 is 2.06 bits per heavy atom. The molecule has 4 heterocycles. The van der Waals surface area contributed by atoms with Crippen molar-refractivity contribution in [2.75, 3.05) is 25.5 Å². The lowest BCUT2D eigenvalue weighted by Crippen LogP contribution is -2.38. The van der Waals surface area contributed by atoms with Gasteiger partial charge in [0, 0.05) is 36.0 Å². The number of rotatable bonds is 6. The van der Waals surface area contributed by atoms with Crippen LogP contribution >= 0.6 is 22.7 Å². The predicted octanol–water partition coefficient (Wildman–Crippen LogP) is 4.56. The van der Waals surface area contributed by atoms with Gasteiger partial charge < -0.3 is 15.0 Å². The average molecular weight is 451 g/mol. The Bertz CT molecular complexity index is 1220. The normalized spacial score (nSPS) is 13.4. The number of anilines is 1. The van der Waals surface area contributed by atoms with E-state index in [-0.39, 0.29) is 12.5 Å². The first-order valence-electron chi connectivity index (χ1n) is 10.1. The fourth-order valence-electron chi connectivity index (χ4n) is 3.87. The van der Waals surface area contributed by atoms with Crippen molar-refractivity contribution < 1.29 is 9.53 Å². The number of hydrogen-bond donors (Lipinski definition) is 1. The SMILES string of the molecule is COCc1nc(NCC(=O)N2CCc3sccc3C2)c2c(-c3ccccc3)csc2n1. The van der Waals surface area contributed by atoms with Crippen molar-refractivity contribution in [3.05, 3.63) is 63.4 Å². The first kappa shape index (κ1) is 20.1. The van der Waals surface area contributed by atoms with Crippen molar-refractivity contribution in [1.82, 2.24) is 14.9 Å². The molecule has 5 rings (SSSR count). The third kappa shape index (κ3) is 4.06. The standard InChI is InChI=1S/C23H22N4O2S2/c1-29-13-19-25-22(21-17(14-31-23(21)26-19)15-5-3-2-4-6-15)24-11-20(28)27-9-7-18-16(12-27)8-10-30-18/h2-6,8,10,14H,7,9,11-13H2,1H3,(H,24,25,26). The lowest BCUT2D eigenvalue weighted by Gasteiger charge is -2.27. The van der Waals surface area contributed by atoms with Crippen molar-refractivity contribution in [3.8, 4) is 11.1 Å². The van der Waals surface area contributed by atoms with Crippen LogP contribution in [-0.4, -0.2) is 41.0 Å². The molecule has 0 radical (unpaired) electrons. The molecule has 4 aromatic rings. The third-order valence-electron chi connectivity index (χ3n) is 5.41. The minimum absolute atomic E-state index is 0.0772. The second-order valence-electron chi connectivity index (χ2n) is 7.40. The van der Waals surface area contributed by atoms with Gasteiger partial charge in [-0.3, -0.25) is 4.79 Å². The van der Waals surface area contributed by atoms with E-state index in [1.54, 1.807) is 29.8 Å². The van der Waals surface area contributed by atoms with Crippen LogP contribution in [0.15, 0.2) is 47.2 Å². The van der Waals surface area contributed by atoms with Crippen molar-refractivity contribution in [1.29, 1.82) is 0 Å². The smallest absolute Gasteiger partial charge is 0.242 e. The van der Waals surface area contributed by atoms with Crippen LogP contribution in [0, 0.1) is 0 Å². The van der Waals surface area contributed by atoms with E-state index in [9.17, 15) is 4.79 Å². The van der Waals surface area contributed by atoms with Crippen LogP contribution in [0.4, 0.5) is 5.82 Å². The highest BCUT2D eigenvalue weighted by atomic mass is 32.1. The molecule has 158 valence electrons. The van der Waals surface area contributed by atoms with E-state index in [1.165, 1.54) is 10.4 Å². The van der Waals surface area contributed by atoms with Gasteiger partial charge in [0.15, 0.2) is 5.82 Å². The van der Waals surface area contributed by atoms with Gasteiger partial charge in [0.25, 0.3) is 0 Å². The minimum Gasteiger partial charge on any atom is -0.377 e. The lowest BCUT2D eigenvalue weighted by molar-refractivity contribution is -0.130. The van der Waals surface area contributed by atoms with Crippen LogP contribution < -0.4 is 5.32 Å². The number of fused-ring (bicyclic) bond motifs is 2. The number of ether oxygens (including phenoxy) is 1. The first-order chi connectivity index (χ1) is 15.2. The predicted molar refractivity (Wildman–Crippen MR) is 125 cm³/mol. The number of carbonyl (C=O) groups excluding carboxylic acids is 1. The van der Waals surface area contributed by atoms with Gasteiger partial charge in [0.2, 0.25) is 5.91 Å². The molecule has 8 heteroatoms. The molecule has 1 aliphatic heterocycles. The van der Waals surface area contributed by atoms with E-state index in [0.717, 1.165) is 34.3 Å². The van der Waals surface area contributed by atoms with Gasteiger partial charge in [-0.2, -0.15) is 0 Å². The Balaban J connectivity index is 1.42. The monoisotopic (exact) mass is 450 g/mol. The van der Waals surface area contributed by atoms with Crippen molar-refractivity contribution >= 4 is 44.6 Å². The molecular weight excluding hydrogens is 428 g/mol. The molecule has 0 unspecified atom stereocenters. The molecule has 0 saturated carbocycles. The van der Waals surface area contributed by atoms with Crippen LogP contribution in [0.1, 0.15) is 16.3 Å². The summed E-state index contributed by atoms with van der Waals surface area (Å²) in [5, 5.41) is 8.46. The molecule has 0 spiro atoms. The van der Waals surface area contributed by atoms with E-state index < -0.39 is 0 Å². The maximum atomic E-state index is 12.9. The van der Waals surface area contributed by atoms with Crippen LogP contribution in [-0.2, 0) is 29.1 Å². The van der Waals surface area contributed by atoms with Crippen LogP contribution in [0.5, 0.6) is 0 Å². The molecule has 6 nitrogen and oxygen atoms in total. The Morgan fingerprint density at radius 1 is 1.19 bits per heavy atom. The largest absolute Gasteiger partial charge is 0.377 e. The lowest BCUT2D eigenvalue weighted by atomic mass is 10.1. The summed E-state index contributed by atoms with van der Waals surface area (Å²) in [6.07, 6.45) is 0.928. The van der Waals surface area contributed by atoms with Gasteiger partial charge >= 0.3 is 0 Å². The van der Waals surface area contributed by atoms with E-state index in [0.29, 0.717) is 24.8 Å². The minimum atomic E-state index is 0.0772. The second-order valence-corrected chi connectivity index (χ2v) is 9.26. The molecular formula is C23H22N4O2S2. The highest BCUT2D eigenvalue weighted by Gasteiger charge is 2.22. The first-order valence-corrected chi connectivity index (χ1v) is 11.9. The number of thiophene rings is 2. The molecule has 0 bridgehead atoms. The van der Waals surface area contributed by atoms with Crippen LogP contribution in [0.3, 0.4) is 0 Å². The van der Waals surface area contributed by atoms with Crippen molar-refractivity contribution in [2.45, 2.75) is 19.6 Å². The number of nitrogens with one attached hydrogen (secondary N) is 1. The Morgan fingerprint density at radius 3 is 2.90 bits per heavy atom. The zero-order valence-electron chi connectivity index (χ0n) is 17.1. The maximum absolute atomic E-state index is 12.9. The number of amides is 1. The average Bonchev–Trinajstić information content (AvgIpc) is 3.44. The van der Waals surface area contributed by atoms with Gasteiger partial charge in [-0.15, -0.1) is 22.7 Å². The number of hydrogen-bond acceptors (Lipinski definition) is 7. The number of carbonyl (C=O) groups is 1. The molecule has 1 N–H and O–H groups in total. The summed E-state index contributed by atoms with van der Waals surface area (Å²) in [7, 11) is 1.63. The van der Waals surface area contributed by atoms with Gasteiger partial charge in [0.1, 0.15) is 17.3 Å². The Hall–Kier alpha value is -2.81. The summed E-state index contributed by atoms with van der Waals surface area (Å²) < 4.78 is 5.25. The van der Waals surface area contributed by atoms with Gasteiger partial charge in [-0.1, -0.05) is 30.3 Å². The molecule has 3 aromatic heterocycles. The van der Waals surface area contributed by atoms with Crippen molar-refractivity contribution in [3.63, 3.8) is 0 Å². The van der Waals surface area contributed by atoms with Crippen LogP contribution in [0.2, 0.25) is 0 Å². The maximum Gasteiger partial charge on any atom is 0.242 e. The van der Waals surface area contributed by atoms with Gasteiger partial charge in [-0.05, 0) is 29.0 Å². The number of methoxy groups -OCH3 is 1. The molecule has 0 aliphatic carbocycles. The highest BCUT2D eigenvalue weighted by molar-refractivity contribution is 7.17. The van der Waals surface area contributed by atoms with Gasteiger partial charge in [-0.25, -0.2) is 9.97 Å². The summed E-state index contributed by atoms with van der Waals surface area (Å²) >= 11 is 3.35. The van der Waals surface area contributed by atoms with E-state index in [4.69, 9.17) is 4.74 Å². The topological polar surface area (TPSA) is 67.3 Å². The molecule has 0 saturated heterocycles. The summed E-state index contributed by atoms with van der Waals surface area (Å²) in [4.78, 5) is 26.5. The van der Waals surface area contributed by atoms with Crippen LogP contribution in [0.25, 0.3) is 21.3 Å². The zero-order valence-corrected chi connectivity index (χ0v) is 18.8. The third-order valence-corrected chi connectivity index (χ3v) is 7.30. The van der Waals surface area contributed by atoms with E-state index >= 15 is 0 Å². The second kappa shape index (κ2) is 8.74. The Labute approximate surface area is 188 Å². The van der Waals surface area contributed by atoms with Crippen molar-refractivity contribution in [2.24, 2.45) is 0 Å². The molecule has 1 amide bonds. The summed E-state index contributed by atoms with van der Waals surface area (Å²) in [5.74, 6) is 1.36. The molecule has 0 atom stereocenters. The molecule has 1 aliphatic rings.